The van der Waals surface area contributed by atoms with Gasteiger partial charge in [0.25, 0.3) is 0 Å². The highest BCUT2D eigenvalue weighted by Crippen LogP contribution is 2.40. The van der Waals surface area contributed by atoms with Crippen molar-refractivity contribution in [1.29, 1.82) is 0 Å². The van der Waals surface area contributed by atoms with Crippen molar-refractivity contribution in [2.45, 2.75) is 31.1 Å². The van der Waals surface area contributed by atoms with Gasteiger partial charge in [-0.25, -0.2) is 9.97 Å². The third kappa shape index (κ3) is 4.06. The second-order valence-electron chi connectivity index (χ2n) is 7.38. The van der Waals surface area contributed by atoms with Crippen LogP contribution in [0, 0.1) is 0 Å². The van der Waals surface area contributed by atoms with Crippen molar-refractivity contribution >= 4 is 11.6 Å². The van der Waals surface area contributed by atoms with Crippen molar-refractivity contribution in [3.8, 4) is 6.01 Å². The molecule has 2 fully saturated rings. The van der Waals surface area contributed by atoms with Crippen LogP contribution in [-0.2, 0) is 16.1 Å². The Bertz CT molecular complexity index is 856. The molecule has 0 radical (unpaired) electrons. The highest BCUT2D eigenvalue weighted by atomic mass is 19.3. The number of carbonyl (C=O) groups is 1. The van der Waals surface area contributed by atoms with Gasteiger partial charge in [0.05, 0.1) is 19.3 Å². The second-order valence-corrected chi connectivity index (χ2v) is 7.38. The number of hydrogen-bond donors (Lipinski definition) is 0. The molecule has 0 N–H and O–H groups in total. The Labute approximate surface area is 167 Å². The Kier molecular flexibility index (Phi) is 5.18. The summed E-state index contributed by atoms with van der Waals surface area (Å²) >= 11 is 0. The number of piperidine rings is 1. The molecule has 2 saturated heterocycles. The van der Waals surface area contributed by atoms with Gasteiger partial charge in [-0.1, -0.05) is 18.2 Å². The topological polar surface area (TPSA) is 67.8 Å². The van der Waals surface area contributed by atoms with Crippen molar-refractivity contribution < 1.29 is 23.0 Å². The fourth-order valence-corrected chi connectivity index (χ4v) is 3.85. The van der Waals surface area contributed by atoms with E-state index in [1.165, 1.54) is 7.11 Å². The first-order valence-corrected chi connectivity index (χ1v) is 9.43. The summed E-state index contributed by atoms with van der Waals surface area (Å²) < 4.78 is 38.9. The van der Waals surface area contributed by atoms with E-state index in [-0.39, 0.29) is 6.54 Å². The molecule has 4 rings (SSSR count). The fourth-order valence-electron chi connectivity index (χ4n) is 3.85. The average molecular weight is 404 g/mol. The third-order valence-electron chi connectivity index (χ3n) is 5.39. The number of halogens is 2. The first kappa shape index (κ1) is 19.7. The molecule has 0 unspecified atom stereocenters. The molecule has 2 aliphatic rings. The molecule has 9 heteroatoms. The summed E-state index contributed by atoms with van der Waals surface area (Å²) in [4.78, 5) is 23.7. The van der Waals surface area contributed by atoms with E-state index in [9.17, 15) is 13.6 Å². The molecule has 0 bridgehead atoms. The second kappa shape index (κ2) is 7.64. The Morgan fingerprint density at radius 2 is 1.79 bits per heavy atom. The SMILES string of the molecule is COc1ncc(CN2CCC3(CC2)CN(c2ccccc2)C(=O)C(F)(F)O3)cn1. The summed E-state index contributed by atoms with van der Waals surface area (Å²) in [7, 11) is 1.50. The minimum atomic E-state index is -3.83. The number of nitrogens with zero attached hydrogens (tertiary/aromatic N) is 4. The fraction of sp³-hybridized carbons (Fsp3) is 0.450. The maximum Gasteiger partial charge on any atom is 0.437 e. The Balaban J connectivity index is 1.45. The van der Waals surface area contributed by atoms with Gasteiger partial charge in [-0.3, -0.25) is 9.69 Å². The molecule has 0 atom stereocenters. The van der Waals surface area contributed by atoms with Gasteiger partial charge < -0.3 is 14.4 Å². The molecule has 1 amide bonds. The van der Waals surface area contributed by atoms with E-state index in [1.54, 1.807) is 42.7 Å². The lowest BCUT2D eigenvalue weighted by molar-refractivity contribution is -0.293. The molecule has 29 heavy (non-hydrogen) atoms. The average Bonchev–Trinajstić information content (AvgIpc) is 2.73. The lowest BCUT2D eigenvalue weighted by Crippen LogP contribution is -2.64. The summed E-state index contributed by atoms with van der Waals surface area (Å²) in [5.74, 6) is -1.31. The van der Waals surface area contributed by atoms with E-state index in [1.807, 2.05) is 0 Å². The molecule has 2 aliphatic heterocycles. The van der Waals surface area contributed by atoms with Gasteiger partial charge in [0.1, 0.15) is 0 Å². The number of ether oxygens (including phenoxy) is 2. The highest BCUT2D eigenvalue weighted by Gasteiger charge is 2.57. The number of alkyl halides is 2. The molecule has 7 nitrogen and oxygen atoms in total. The number of rotatable bonds is 4. The third-order valence-corrected chi connectivity index (χ3v) is 5.39. The van der Waals surface area contributed by atoms with Gasteiger partial charge >= 0.3 is 18.0 Å². The van der Waals surface area contributed by atoms with Crippen molar-refractivity contribution in [2.75, 3.05) is 31.6 Å². The van der Waals surface area contributed by atoms with Gasteiger partial charge in [0, 0.05) is 43.3 Å². The van der Waals surface area contributed by atoms with Crippen LogP contribution in [0.1, 0.15) is 18.4 Å². The first-order valence-electron chi connectivity index (χ1n) is 9.43. The van der Waals surface area contributed by atoms with E-state index < -0.39 is 17.6 Å². The minimum absolute atomic E-state index is 0.116. The quantitative estimate of drug-likeness (QED) is 0.780. The lowest BCUT2D eigenvalue weighted by atomic mass is 9.88. The summed E-state index contributed by atoms with van der Waals surface area (Å²) in [5.41, 5.74) is 0.301. The number of likely N-dealkylation sites (tertiary alicyclic amines) is 1. The summed E-state index contributed by atoms with van der Waals surface area (Å²) in [5, 5.41) is 0. The smallest absolute Gasteiger partial charge is 0.437 e. The molecule has 2 aromatic rings. The van der Waals surface area contributed by atoms with Gasteiger partial charge in [-0.15, -0.1) is 0 Å². The van der Waals surface area contributed by atoms with Crippen molar-refractivity contribution in [3.63, 3.8) is 0 Å². The predicted molar refractivity (Wildman–Crippen MR) is 101 cm³/mol. The largest absolute Gasteiger partial charge is 0.467 e. The minimum Gasteiger partial charge on any atom is -0.467 e. The van der Waals surface area contributed by atoms with Crippen LogP contribution in [-0.4, -0.2) is 59.2 Å². The molecule has 0 saturated carbocycles. The Morgan fingerprint density at radius 3 is 2.41 bits per heavy atom. The maximum absolute atomic E-state index is 14.4. The number of morpholine rings is 1. The zero-order valence-corrected chi connectivity index (χ0v) is 16.1. The molecule has 1 aromatic heterocycles. The van der Waals surface area contributed by atoms with Crippen LogP contribution in [0.2, 0.25) is 0 Å². The van der Waals surface area contributed by atoms with E-state index in [4.69, 9.17) is 9.47 Å². The molecule has 0 aliphatic carbocycles. The highest BCUT2D eigenvalue weighted by molar-refractivity contribution is 5.98. The number of anilines is 1. The number of methoxy groups -OCH3 is 1. The van der Waals surface area contributed by atoms with E-state index in [2.05, 4.69) is 14.9 Å². The predicted octanol–water partition coefficient (Wildman–Crippen LogP) is 2.48. The first-order chi connectivity index (χ1) is 13.9. The van der Waals surface area contributed by atoms with Gasteiger partial charge in [0.2, 0.25) is 0 Å². The molecule has 1 spiro atoms. The summed E-state index contributed by atoms with van der Waals surface area (Å²) in [6, 6.07) is 8.85. The number of benzene rings is 1. The van der Waals surface area contributed by atoms with Crippen LogP contribution in [0.25, 0.3) is 0 Å². The number of amides is 1. The van der Waals surface area contributed by atoms with E-state index >= 15 is 0 Å². The van der Waals surface area contributed by atoms with Crippen LogP contribution >= 0.6 is 0 Å². The zero-order valence-electron chi connectivity index (χ0n) is 16.1. The normalized spacial score (nSPS) is 21.3. The van der Waals surface area contributed by atoms with Crippen LogP contribution < -0.4 is 9.64 Å². The summed E-state index contributed by atoms with van der Waals surface area (Å²) in [6.07, 6.45) is 0.348. The molecular formula is C20H22F2N4O3. The van der Waals surface area contributed by atoms with Crippen molar-refractivity contribution in [3.05, 3.63) is 48.3 Å². The number of hydrogen-bond acceptors (Lipinski definition) is 6. The van der Waals surface area contributed by atoms with Crippen LogP contribution in [0.5, 0.6) is 6.01 Å². The Morgan fingerprint density at radius 1 is 1.14 bits per heavy atom. The number of carbonyl (C=O) groups excluding carboxylic acids is 1. The van der Waals surface area contributed by atoms with Crippen LogP contribution in [0.4, 0.5) is 14.5 Å². The zero-order chi connectivity index (χ0) is 20.5. The van der Waals surface area contributed by atoms with Gasteiger partial charge in [-0.05, 0) is 25.0 Å². The molecule has 1 aromatic carbocycles. The van der Waals surface area contributed by atoms with E-state index in [0.29, 0.717) is 44.2 Å². The Hall–Kier alpha value is -2.65. The monoisotopic (exact) mass is 404 g/mol. The molecular weight excluding hydrogens is 382 g/mol. The molecule has 154 valence electrons. The van der Waals surface area contributed by atoms with Crippen LogP contribution in [0.15, 0.2) is 42.7 Å². The lowest BCUT2D eigenvalue weighted by Gasteiger charge is -2.48. The number of aromatic nitrogens is 2. The standard InChI is InChI=1S/C20H22F2N4O3/c1-28-18-23-11-15(12-24-18)13-25-9-7-19(8-10-25)14-26(16-5-3-2-4-6-16)17(27)20(21,22)29-19/h2-6,11-12H,7-10,13-14H2,1H3. The number of para-hydroxylation sites is 1. The van der Waals surface area contributed by atoms with Crippen molar-refractivity contribution in [1.82, 2.24) is 14.9 Å². The summed E-state index contributed by atoms with van der Waals surface area (Å²) in [6.45, 7) is 1.86. The van der Waals surface area contributed by atoms with Gasteiger partial charge in [0.15, 0.2) is 0 Å². The van der Waals surface area contributed by atoms with Crippen molar-refractivity contribution in [2.24, 2.45) is 0 Å². The van der Waals surface area contributed by atoms with E-state index in [0.717, 1.165) is 10.5 Å². The van der Waals surface area contributed by atoms with Crippen LogP contribution in [0.3, 0.4) is 0 Å². The van der Waals surface area contributed by atoms with Gasteiger partial charge in [-0.2, -0.15) is 8.78 Å². The maximum atomic E-state index is 14.4. The molecule has 3 heterocycles.